The Morgan fingerprint density at radius 3 is 2.80 bits per heavy atom. The predicted molar refractivity (Wildman–Crippen MR) is 75.7 cm³/mol. The zero-order chi connectivity index (χ0) is 15.2. The number of benzene rings is 1. The lowest BCUT2D eigenvalue weighted by Crippen LogP contribution is -2.27. The zero-order valence-corrected chi connectivity index (χ0v) is 11.8. The number of rotatable bonds is 4. The molecule has 0 saturated carbocycles. The number of anilines is 1. The van der Waals surface area contributed by atoms with Crippen LogP contribution in [0.1, 0.15) is 26.3 Å². The summed E-state index contributed by atoms with van der Waals surface area (Å²) in [5.41, 5.74) is 8.70. The van der Waals surface area contributed by atoms with Gasteiger partial charge >= 0.3 is 6.09 Å². The fourth-order valence-corrected chi connectivity index (χ4v) is 1.48. The molecule has 108 valence electrons. The van der Waals surface area contributed by atoms with Gasteiger partial charge in [-0.15, -0.1) is 0 Å². The highest BCUT2D eigenvalue weighted by atomic mass is 16.6. The van der Waals surface area contributed by atoms with Crippen molar-refractivity contribution in [3.05, 3.63) is 34.2 Å². The normalized spacial score (nSPS) is 10.6. The number of amides is 1. The summed E-state index contributed by atoms with van der Waals surface area (Å²) in [6.07, 6.45) is -0.118. The van der Waals surface area contributed by atoms with Crippen molar-refractivity contribution >= 4 is 11.8 Å². The van der Waals surface area contributed by atoms with E-state index in [9.17, 15) is 9.90 Å². The van der Waals surface area contributed by atoms with Gasteiger partial charge in [0.1, 0.15) is 11.4 Å². The van der Waals surface area contributed by atoms with Crippen LogP contribution >= 0.6 is 0 Å². The smallest absolute Gasteiger partial charge is 0.412 e. The third kappa shape index (κ3) is 5.49. The SMILES string of the molecule is CC(C)(C)OC(=O)Nc1cc(CCN=[N+]=[N-])ccc1O. The van der Waals surface area contributed by atoms with Gasteiger partial charge in [0.05, 0.1) is 5.69 Å². The molecule has 1 rings (SSSR count). The number of phenolic OH excluding ortho intramolecular Hbond substituents is 1. The second-order valence-corrected chi connectivity index (χ2v) is 5.18. The molecule has 0 aliphatic carbocycles. The second kappa shape index (κ2) is 6.68. The number of phenols is 1. The molecule has 1 aromatic carbocycles. The number of nitrogens with zero attached hydrogens (tertiary/aromatic N) is 3. The van der Waals surface area contributed by atoms with E-state index in [-0.39, 0.29) is 11.4 Å². The van der Waals surface area contributed by atoms with Crippen LogP contribution in [0.2, 0.25) is 0 Å². The number of carbonyl (C=O) groups excluding carboxylic acids is 1. The second-order valence-electron chi connectivity index (χ2n) is 5.18. The Kier molecular flexibility index (Phi) is 5.23. The molecule has 0 heterocycles. The summed E-state index contributed by atoms with van der Waals surface area (Å²) in [5.74, 6) is -0.0524. The van der Waals surface area contributed by atoms with Crippen LogP contribution in [0.5, 0.6) is 5.75 Å². The van der Waals surface area contributed by atoms with E-state index in [0.717, 1.165) is 5.56 Å². The summed E-state index contributed by atoms with van der Waals surface area (Å²) in [7, 11) is 0. The number of azide groups is 1. The maximum absolute atomic E-state index is 11.6. The highest BCUT2D eigenvalue weighted by Crippen LogP contribution is 2.25. The molecule has 1 aromatic rings. The number of aromatic hydroxyl groups is 1. The van der Waals surface area contributed by atoms with Crippen LogP contribution < -0.4 is 5.32 Å². The van der Waals surface area contributed by atoms with E-state index in [1.165, 1.54) is 6.07 Å². The summed E-state index contributed by atoms with van der Waals surface area (Å²) in [6, 6.07) is 4.78. The van der Waals surface area contributed by atoms with E-state index in [2.05, 4.69) is 15.3 Å². The molecule has 0 bridgehead atoms. The lowest BCUT2D eigenvalue weighted by molar-refractivity contribution is 0.0635. The van der Waals surface area contributed by atoms with E-state index >= 15 is 0 Å². The van der Waals surface area contributed by atoms with Crippen LogP contribution in [-0.2, 0) is 11.2 Å². The molecule has 0 saturated heterocycles. The van der Waals surface area contributed by atoms with E-state index in [1.807, 2.05) is 0 Å². The first-order valence-electron chi connectivity index (χ1n) is 6.14. The van der Waals surface area contributed by atoms with Crippen molar-refractivity contribution < 1.29 is 14.6 Å². The minimum Gasteiger partial charge on any atom is -0.506 e. The molecule has 2 N–H and O–H groups in total. The standard InChI is InChI=1S/C13H18N4O3/c1-13(2,3)20-12(19)16-10-8-9(4-5-11(10)18)6-7-15-17-14/h4-5,8,18H,6-7H2,1-3H3,(H,16,19). The molecular weight excluding hydrogens is 260 g/mol. The third-order valence-electron chi connectivity index (χ3n) is 2.26. The Hall–Kier alpha value is -2.40. The highest BCUT2D eigenvalue weighted by Gasteiger charge is 2.17. The highest BCUT2D eigenvalue weighted by molar-refractivity contribution is 5.87. The van der Waals surface area contributed by atoms with Crippen molar-refractivity contribution in [1.29, 1.82) is 0 Å². The molecule has 0 aliphatic heterocycles. The van der Waals surface area contributed by atoms with Gasteiger partial charge in [-0.05, 0) is 50.4 Å². The minimum atomic E-state index is -0.639. The molecule has 0 aromatic heterocycles. The van der Waals surface area contributed by atoms with Gasteiger partial charge in [0, 0.05) is 11.5 Å². The summed E-state index contributed by atoms with van der Waals surface area (Å²) >= 11 is 0. The molecule has 7 heteroatoms. The van der Waals surface area contributed by atoms with Crippen molar-refractivity contribution in [2.45, 2.75) is 32.8 Å². The average molecular weight is 278 g/mol. The van der Waals surface area contributed by atoms with Crippen molar-refractivity contribution in [1.82, 2.24) is 0 Å². The molecule has 0 radical (unpaired) electrons. The van der Waals surface area contributed by atoms with Crippen LogP contribution in [0.3, 0.4) is 0 Å². The van der Waals surface area contributed by atoms with Gasteiger partial charge in [-0.2, -0.15) is 0 Å². The topological polar surface area (TPSA) is 107 Å². The number of hydrogen-bond acceptors (Lipinski definition) is 4. The Balaban J connectivity index is 2.76. The molecule has 20 heavy (non-hydrogen) atoms. The Morgan fingerprint density at radius 2 is 2.20 bits per heavy atom. The maximum atomic E-state index is 11.6. The maximum Gasteiger partial charge on any atom is 0.412 e. The van der Waals surface area contributed by atoms with Gasteiger partial charge in [0.25, 0.3) is 0 Å². The van der Waals surface area contributed by atoms with E-state index in [0.29, 0.717) is 13.0 Å². The first-order chi connectivity index (χ1) is 9.31. The van der Waals surface area contributed by atoms with Gasteiger partial charge < -0.3 is 9.84 Å². The van der Waals surface area contributed by atoms with Crippen LogP contribution in [-0.4, -0.2) is 23.3 Å². The largest absolute Gasteiger partial charge is 0.506 e. The van der Waals surface area contributed by atoms with Gasteiger partial charge in [0.15, 0.2) is 0 Å². The fourth-order valence-electron chi connectivity index (χ4n) is 1.48. The van der Waals surface area contributed by atoms with E-state index in [1.54, 1.807) is 32.9 Å². The van der Waals surface area contributed by atoms with Crippen molar-refractivity contribution in [2.75, 3.05) is 11.9 Å². The summed E-state index contributed by atoms with van der Waals surface area (Å²) < 4.78 is 5.11. The lowest BCUT2D eigenvalue weighted by atomic mass is 10.1. The van der Waals surface area contributed by atoms with Crippen molar-refractivity contribution in [3.63, 3.8) is 0 Å². The molecule has 7 nitrogen and oxygen atoms in total. The zero-order valence-electron chi connectivity index (χ0n) is 11.8. The predicted octanol–water partition coefficient (Wildman–Crippen LogP) is 3.59. The monoisotopic (exact) mass is 278 g/mol. The summed E-state index contributed by atoms with van der Waals surface area (Å²) in [4.78, 5) is 14.3. The van der Waals surface area contributed by atoms with Crippen molar-refractivity contribution in [3.8, 4) is 5.75 Å². The van der Waals surface area contributed by atoms with Gasteiger partial charge in [0.2, 0.25) is 0 Å². The minimum absolute atomic E-state index is 0.0524. The van der Waals surface area contributed by atoms with Crippen LogP contribution in [0.15, 0.2) is 23.3 Å². The number of ether oxygens (including phenoxy) is 1. The molecule has 0 aliphatic rings. The average Bonchev–Trinajstić information content (AvgIpc) is 2.31. The van der Waals surface area contributed by atoms with Crippen LogP contribution in [0.4, 0.5) is 10.5 Å². The molecule has 0 unspecified atom stereocenters. The van der Waals surface area contributed by atoms with E-state index in [4.69, 9.17) is 10.3 Å². The Labute approximate surface area is 117 Å². The fraction of sp³-hybridized carbons (Fsp3) is 0.462. The van der Waals surface area contributed by atoms with Gasteiger partial charge in [-0.1, -0.05) is 11.2 Å². The molecule has 0 fully saturated rings. The van der Waals surface area contributed by atoms with E-state index < -0.39 is 11.7 Å². The number of nitrogens with one attached hydrogen (secondary N) is 1. The quantitative estimate of drug-likeness (QED) is 0.380. The molecule has 0 spiro atoms. The number of hydrogen-bond donors (Lipinski definition) is 2. The Morgan fingerprint density at radius 1 is 1.50 bits per heavy atom. The third-order valence-corrected chi connectivity index (χ3v) is 2.26. The van der Waals surface area contributed by atoms with Crippen LogP contribution in [0, 0.1) is 0 Å². The molecular formula is C13H18N4O3. The van der Waals surface area contributed by atoms with Gasteiger partial charge in [-0.25, -0.2) is 4.79 Å². The van der Waals surface area contributed by atoms with Gasteiger partial charge in [-0.3, -0.25) is 5.32 Å². The first-order valence-corrected chi connectivity index (χ1v) is 6.14. The first kappa shape index (κ1) is 15.7. The molecule has 1 amide bonds. The van der Waals surface area contributed by atoms with Crippen molar-refractivity contribution in [2.24, 2.45) is 5.11 Å². The summed E-state index contributed by atoms with van der Waals surface area (Å²) in [5, 5.41) is 15.6. The molecule has 0 atom stereocenters. The lowest BCUT2D eigenvalue weighted by Gasteiger charge is -2.20. The number of carbonyl (C=O) groups is 1. The Bertz CT molecular complexity index is 531. The summed E-state index contributed by atoms with van der Waals surface area (Å²) in [6.45, 7) is 5.57. The van der Waals surface area contributed by atoms with Crippen LogP contribution in [0.25, 0.3) is 10.4 Å².